The van der Waals surface area contributed by atoms with Gasteiger partial charge in [-0.05, 0) is 30.9 Å². The van der Waals surface area contributed by atoms with Crippen molar-refractivity contribution in [3.63, 3.8) is 0 Å². The smallest absolute Gasteiger partial charge is 0.260 e. The molecule has 0 atom stereocenters. The molecule has 1 amide bonds. The van der Waals surface area contributed by atoms with Gasteiger partial charge < -0.3 is 9.30 Å². The van der Waals surface area contributed by atoms with Crippen LogP contribution in [0.3, 0.4) is 0 Å². The number of alkyl halides is 1. The van der Waals surface area contributed by atoms with Gasteiger partial charge in [0.15, 0.2) is 5.67 Å². The van der Waals surface area contributed by atoms with Crippen LogP contribution in [-0.4, -0.2) is 39.0 Å². The molecule has 1 saturated carbocycles. The summed E-state index contributed by atoms with van der Waals surface area (Å²) in [6.45, 7) is 3.30. The standard InChI is InChI=1S/C16H18FN3O/c1-2-11-3-4-13-14(18-10-20(13)7-11)12-8-19(9-12)15(21)16(17)5-6-16/h3-4,7,10,12H,2,5-6,8-9H2,1H3. The molecule has 5 heteroatoms. The van der Waals surface area contributed by atoms with Gasteiger partial charge in [-0.3, -0.25) is 4.79 Å². The molecule has 4 rings (SSSR count). The van der Waals surface area contributed by atoms with E-state index in [0.29, 0.717) is 25.9 Å². The van der Waals surface area contributed by atoms with Crippen LogP contribution in [0.2, 0.25) is 0 Å². The molecule has 4 nitrogen and oxygen atoms in total. The molecule has 3 heterocycles. The fourth-order valence-corrected chi connectivity index (χ4v) is 3.01. The predicted octanol–water partition coefficient (Wildman–Crippen LogP) is 2.32. The van der Waals surface area contributed by atoms with E-state index in [1.807, 2.05) is 10.7 Å². The number of pyridine rings is 1. The van der Waals surface area contributed by atoms with Crippen molar-refractivity contribution in [1.82, 2.24) is 14.3 Å². The summed E-state index contributed by atoms with van der Waals surface area (Å²) in [7, 11) is 0. The molecule has 110 valence electrons. The number of hydrogen-bond donors (Lipinski definition) is 0. The predicted molar refractivity (Wildman–Crippen MR) is 77.0 cm³/mol. The second kappa shape index (κ2) is 4.29. The van der Waals surface area contributed by atoms with Crippen molar-refractivity contribution >= 4 is 11.4 Å². The number of likely N-dealkylation sites (tertiary alicyclic amines) is 1. The number of rotatable bonds is 3. The molecule has 2 aliphatic rings. The van der Waals surface area contributed by atoms with Crippen molar-refractivity contribution in [3.8, 4) is 0 Å². The highest BCUT2D eigenvalue weighted by atomic mass is 19.1. The first-order chi connectivity index (χ1) is 10.1. The van der Waals surface area contributed by atoms with Crippen LogP contribution < -0.4 is 0 Å². The van der Waals surface area contributed by atoms with Gasteiger partial charge in [0.2, 0.25) is 0 Å². The monoisotopic (exact) mass is 287 g/mol. The minimum atomic E-state index is -1.54. The molecular weight excluding hydrogens is 269 g/mol. The van der Waals surface area contributed by atoms with E-state index in [4.69, 9.17) is 0 Å². The quantitative estimate of drug-likeness (QED) is 0.869. The molecule has 1 aliphatic heterocycles. The minimum Gasteiger partial charge on any atom is -0.338 e. The lowest BCUT2D eigenvalue weighted by molar-refractivity contribution is -0.142. The molecule has 0 bridgehead atoms. The van der Waals surface area contributed by atoms with Crippen LogP contribution in [0.15, 0.2) is 24.7 Å². The second-order valence-electron chi connectivity index (χ2n) is 6.19. The Labute approximate surface area is 122 Å². The summed E-state index contributed by atoms with van der Waals surface area (Å²) < 4.78 is 15.8. The van der Waals surface area contributed by atoms with E-state index >= 15 is 0 Å². The fourth-order valence-electron chi connectivity index (χ4n) is 3.01. The van der Waals surface area contributed by atoms with Gasteiger partial charge in [0.05, 0.1) is 17.5 Å². The molecule has 0 unspecified atom stereocenters. The van der Waals surface area contributed by atoms with Crippen LogP contribution in [0.5, 0.6) is 0 Å². The van der Waals surface area contributed by atoms with Crippen molar-refractivity contribution in [2.24, 2.45) is 0 Å². The van der Waals surface area contributed by atoms with Gasteiger partial charge in [-0.2, -0.15) is 0 Å². The van der Waals surface area contributed by atoms with Crippen LogP contribution in [0.4, 0.5) is 4.39 Å². The van der Waals surface area contributed by atoms with E-state index in [-0.39, 0.29) is 11.8 Å². The number of carbonyl (C=O) groups is 1. The van der Waals surface area contributed by atoms with Crippen molar-refractivity contribution in [2.75, 3.05) is 13.1 Å². The lowest BCUT2D eigenvalue weighted by Gasteiger charge is -2.39. The third kappa shape index (κ3) is 1.94. The molecule has 2 fully saturated rings. The van der Waals surface area contributed by atoms with Gasteiger partial charge in [-0.15, -0.1) is 0 Å². The summed E-state index contributed by atoms with van der Waals surface area (Å²) in [6, 6.07) is 4.20. The van der Waals surface area contributed by atoms with Crippen LogP contribution in [0.1, 0.15) is 36.9 Å². The number of fused-ring (bicyclic) bond motifs is 1. The first-order valence-corrected chi connectivity index (χ1v) is 7.54. The number of carbonyl (C=O) groups excluding carboxylic acids is 1. The molecule has 1 aliphatic carbocycles. The zero-order valence-corrected chi connectivity index (χ0v) is 12.1. The Balaban J connectivity index is 1.52. The number of amides is 1. The Morgan fingerprint density at radius 1 is 1.43 bits per heavy atom. The Hall–Kier alpha value is -1.91. The molecule has 2 aromatic heterocycles. The van der Waals surface area contributed by atoms with Gasteiger partial charge in [0.25, 0.3) is 5.91 Å². The van der Waals surface area contributed by atoms with Gasteiger partial charge in [0.1, 0.15) is 0 Å². The largest absolute Gasteiger partial charge is 0.338 e. The van der Waals surface area contributed by atoms with Gasteiger partial charge >= 0.3 is 0 Å². The Morgan fingerprint density at radius 3 is 2.86 bits per heavy atom. The van der Waals surface area contributed by atoms with Crippen molar-refractivity contribution in [3.05, 3.63) is 35.9 Å². The Kier molecular flexibility index (Phi) is 2.62. The Bertz CT molecular complexity index is 713. The number of aromatic nitrogens is 2. The van der Waals surface area contributed by atoms with Crippen molar-refractivity contribution < 1.29 is 9.18 Å². The zero-order valence-electron chi connectivity index (χ0n) is 12.1. The summed E-state index contributed by atoms with van der Waals surface area (Å²) in [5.41, 5.74) is 1.83. The minimum absolute atomic E-state index is 0.230. The number of hydrogen-bond acceptors (Lipinski definition) is 2. The fraction of sp³-hybridized carbons (Fsp3) is 0.500. The van der Waals surface area contributed by atoms with Crippen LogP contribution in [0.25, 0.3) is 5.52 Å². The maximum atomic E-state index is 13.8. The lowest BCUT2D eigenvalue weighted by atomic mass is 9.94. The number of aryl methyl sites for hydroxylation is 1. The molecule has 0 N–H and O–H groups in total. The molecule has 21 heavy (non-hydrogen) atoms. The third-order valence-corrected chi connectivity index (χ3v) is 4.66. The maximum Gasteiger partial charge on any atom is 0.260 e. The lowest BCUT2D eigenvalue weighted by Crippen LogP contribution is -2.52. The summed E-state index contributed by atoms with van der Waals surface area (Å²) in [4.78, 5) is 18.0. The van der Waals surface area contributed by atoms with E-state index in [2.05, 4.69) is 30.2 Å². The first-order valence-electron chi connectivity index (χ1n) is 7.54. The highest BCUT2D eigenvalue weighted by Gasteiger charge is 2.54. The van der Waals surface area contributed by atoms with E-state index < -0.39 is 5.67 Å². The molecule has 1 saturated heterocycles. The maximum absolute atomic E-state index is 13.8. The van der Waals surface area contributed by atoms with E-state index in [9.17, 15) is 9.18 Å². The first kappa shape index (κ1) is 12.8. The van der Waals surface area contributed by atoms with E-state index in [1.54, 1.807) is 4.90 Å². The summed E-state index contributed by atoms with van der Waals surface area (Å²) in [6.07, 6.45) is 5.69. The van der Waals surface area contributed by atoms with Crippen LogP contribution in [-0.2, 0) is 11.2 Å². The van der Waals surface area contributed by atoms with Crippen molar-refractivity contribution in [2.45, 2.75) is 37.8 Å². The number of imidazole rings is 1. The molecule has 0 aromatic carbocycles. The van der Waals surface area contributed by atoms with E-state index in [1.165, 1.54) is 5.56 Å². The van der Waals surface area contributed by atoms with Crippen LogP contribution >= 0.6 is 0 Å². The number of halogens is 1. The summed E-state index contributed by atoms with van der Waals surface area (Å²) in [5.74, 6) is -0.0932. The highest BCUT2D eigenvalue weighted by Crippen LogP contribution is 2.43. The second-order valence-corrected chi connectivity index (χ2v) is 6.19. The van der Waals surface area contributed by atoms with E-state index in [0.717, 1.165) is 17.6 Å². The average Bonchev–Trinajstić information content (AvgIpc) is 3.07. The van der Waals surface area contributed by atoms with Crippen LogP contribution in [0, 0.1) is 0 Å². The molecule has 2 aromatic rings. The summed E-state index contributed by atoms with van der Waals surface area (Å²) >= 11 is 0. The van der Waals surface area contributed by atoms with Gasteiger partial charge in [-0.1, -0.05) is 13.0 Å². The normalized spacial score (nSPS) is 20.6. The molecular formula is C16H18FN3O. The SMILES string of the molecule is CCc1ccc2c(C3CN(C(=O)C4(F)CC4)C3)ncn2c1. The number of nitrogens with zero attached hydrogens (tertiary/aromatic N) is 3. The Morgan fingerprint density at radius 2 is 2.19 bits per heavy atom. The highest BCUT2D eigenvalue weighted by molar-refractivity contribution is 5.88. The third-order valence-electron chi connectivity index (χ3n) is 4.66. The van der Waals surface area contributed by atoms with Gasteiger partial charge in [-0.25, -0.2) is 9.37 Å². The van der Waals surface area contributed by atoms with Crippen molar-refractivity contribution in [1.29, 1.82) is 0 Å². The average molecular weight is 287 g/mol. The van der Waals surface area contributed by atoms with Gasteiger partial charge in [0, 0.05) is 25.2 Å². The summed E-state index contributed by atoms with van der Waals surface area (Å²) in [5, 5.41) is 0. The topological polar surface area (TPSA) is 37.6 Å². The molecule has 0 radical (unpaired) electrons. The zero-order chi connectivity index (χ0) is 14.6. The molecule has 0 spiro atoms.